The first kappa shape index (κ1) is 14.4. The maximum Gasteiger partial charge on any atom is 0.106 e. The van der Waals surface area contributed by atoms with Crippen LogP contribution < -0.4 is 0 Å². The van der Waals surface area contributed by atoms with E-state index in [-0.39, 0.29) is 0 Å². The summed E-state index contributed by atoms with van der Waals surface area (Å²) in [6.45, 7) is 1.93. The van der Waals surface area contributed by atoms with Crippen molar-refractivity contribution in [3.05, 3.63) is 81.3 Å². The van der Waals surface area contributed by atoms with Crippen LogP contribution in [-0.2, 0) is 0 Å². The summed E-state index contributed by atoms with van der Waals surface area (Å²) in [6.07, 6.45) is -0.778. The molecule has 3 rings (SSSR count). The van der Waals surface area contributed by atoms with E-state index < -0.39 is 6.10 Å². The lowest BCUT2D eigenvalue weighted by atomic mass is 9.95. The SMILES string of the molecule is Cc1cccc(C(O)c2ccc(Cl)c3ccccc23)c1Cl. The van der Waals surface area contributed by atoms with Gasteiger partial charge in [-0.05, 0) is 29.5 Å². The zero-order valence-corrected chi connectivity index (χ0v) is 13.0. The van der Waals surface area contributed by atoms with Gasteiger partial charge in [0.2, 0.25) is 0 Å². The van der Waals surface area contributed by atoms with E-state index in [9.17, 15) is 5.11 Å². The molecule has 0 aromatic heterocycles. The van der Waals surface area contributed by atoms with E-state index >= 15 is 0 Å². The van der Waals surface area contributed by atoms with Crippen LogP contribution in [0.15, 0.2) is 54.6 Å². The fraction of sp³-hybridized carbons (Fsp3) is 0.111. The Labute approximate surface area is 133 Å². The summed E-state index contributed by atoms with van der Waals surface area (Å²) in [6, 6.07) is 17.1. The molecule has 1 atom stereocenters. The summed E-state index contributed by atoms with van der Waals surface area (Å²) in [5.41, 5.74) is 2.47. The number of benzene rings is 3. The number of aryl methyl sites for hydroxylation is 1. The first-order valence-electron chi connectivity index (χ1n) is 6.70. The Balaban J connectivity index is 2.21. The number of aliphatic hydroxyl groups excluding tert-OH is 1. The first-order chi connectivity index (χ1) is 10.1. The van der Waals surface area contributed by atoms with Gasteiger partial charge in [-0.1, -0.05) is 71.7 Å². The second-order valence-electron chi connectivity index (χ2n) is 5.06. The number of aliphatic hydroxyl groups is 1. The van der Waals surface area contributed by atoms with Crippen molar-refractivity contribution >= 4 is 34.0 Å². The molecule has 0 amide bonds. The standard InChI is InChI=1S/C18H14Cl2O/c1-11-5-4-8-15(17(11)20)18(21)14-9-10-16(19)13-7-3-2-6-12(13)14/h2-10,18,21H,1H3. The number of fused-ring (bicyclic) bond motifs is 1. The molecule has 0 radical (unpaired) electrons. The Morgan fingerprint density at radius 3 is 2.29 bits per heavy atom. The van der Waals surface area contributed by atoms with Crippen molar-refractivity contribution in [2.24, 2.45) is 0 Å². The number of hydrogen-bond donors (Lipinski definition) is 1. The molecular weight excluding hydrogens is 303 g/mol. The molecule has 0 saturated carbocycles. The second kappa shape index (κ2) is 5.69. The van der Waals surface area contributed by atoms with Gasteiger partial charge in [-0.3, -0.25) is 0 Å². The van der Waals surface area contributed by atoms with Crippen molar-refractivity contribution < 1.29 is 5.11 Å². The van der Waals surface area contributed by atoms with Gasteiger partial charge in [0.05, 0.1) is 0 Å². The normalized spacial score (nSPS) is 12.6. The molecule has 0 spiro atoms. The highest BCUT2D eigenvalue weighted by Gasteiger charge is 2.17. The fourth-order valence-electron chi connectivity index (χ4n) is 2.57. The predicted octanol–water partition coefficient (Wildman–Crippen LogP) is 5.54. The molecular formula is C18H14Cl2O. The molecule has 0 aliphatic carbocycles. The topological polar surface area (TPSA) is 20.2 Å². The summed E-state index contributed by atoms with van der Waals surface area (Å²) in [7, 11) is 0. The molecule has 3 heteroatoms. The minimum absolute atomic E-state index is 0.601. The third-order valence-electron chi connectivity index (χ3n) is 3.72. The van der Waals surface area contributed by atoms with E-state index in [1.54, 1.807) is 0 Å². The highest BCUT2D eigenvalue weighted by molar-refractivity contribution is 6.35. The maximum absolute atomic E-state index is 10.8. The lowest BCUT2D eigenvalue weighted by Crippen LogP contribution is -2.02. The molecule has 0 saturated heterocycles. The van der Waals surface area contributed by atoms with Gasteiger partial charge < -0.3 is 5.11 Å². The van der Waals surface area contributed by atoms with Gasteiger partial charge in [0.25, 0.3) is 0 Å². The fourth-order valence-corrected chi connectivity index (χ4v) is 3.03. The Morgan fingerprint density at radius 1 is 0.810 bits per heavy atom. The Bertz CT molecular complexity index is 811. The van der Waals surface area contributed by atoms with Crippen molar-refractivity contribution in [2.45, 2.75) is 13.0 Å². The van der Waals surface area contributed by atoms with Gasteiger partial charge in [0, 0.05) is 21.0 Å². The van der Waals surface area contributed by atoms with Gasteiger partial charge in [0.1, 0.15) is 6.10 Å². The van der Waals surface area contributed by atoms with Crippen LogP contribution in [0.4, 0.5) is 0 Å². The van der Waals surface area contributed by atoms with Crippen LogP contribution in [0.2, 0.25) is 10.0 Å². The molecule has 1 unspecified atom stereocenters. The van der Waals surface area contributed by atoms with Crippen molar-refractivity contribution in [3.8, 4) is 0 Å². The summed E-state index contributed by atoms with van der Waals surface area (Å²) < 4.78 is 0. The third-order valence-corrected chi connectivity index (χ3v) is 4.56. The van der Waals surface area contributed by atoms with Crippen LogP contribution in [0.25, 0.3) is 10.8 Å². The lowest BCUT2D eigenvalue weighted by Gasteiger charge is -2.17. The van der Waals surface area contributed by atoms with Gasteiger partial charge in [-0.15, -0.1) is 0 Å². The first-order valence-corrected chi connectivity index (χ1v) is 7.45. The Kier molecular flexibility index (Phi) is 3.90. The minimum Gasteiger partial charge on any atom is -0.384 e. The quantitative estimate of drug-likeness (QED) is 0.658. The summed E-state index contributed by atoms with van der Waals surface area (Å²) in [5.74, 6) is 0. The van der Waals surface area contributed by atoms with Crippen LogP contribution in [-0.4, -0.2) is 5.11 Å². The van der Waals surface area contributed by atoms with Gasteiger partial charge >= 0.3 is 0 Å². The molecule has 1 N–H and O–H groups in total. The monoisotopic (exact) mass is 316 g/mol. The van der Waals surface area contributed by atoms with Crippen LogP contribution in [0.5, 0.6) is 0 Å². The average Bonchev–Trinajstić information content (AvgIpc) is 2.50. The molecule has 1 nitrogen and oxygen atoms in total. The summed E-state index contributed by atoms with van der Waals surface area (Å²) in [5, 5.41) is 13.9. The third kappa shape index (κ3) is 2.53. The minimum atomic E-state index is -0.778. The van der Waals surface area contributed by atoms with Gasteiger partial charge in [-0.2, -0.15) is 0 Å². The number of halogens is 2. The molecule has 21 heavy (non-hydrogen) atoms. The molecule has 0 aliphatic heterocycles. The van der Waals surface area contributed by atoms with E-state index in [0.29, 0.717) is 15.6 Å². The predicted molar refractivity (Wildman–Crippen MR) is 89.2 cm³/mol. The molecule has 0 aliphatic rings. The number of hydrogen-bond acceptors (Lipinski definition) is 1. The zero-order chi connectivity index (χ0) is 15.0. The van der Waals surface area contributed by atoms with Crippen LogP contribution in [0, 0.1) is 6.92 Å². The van der Waals surface area contributed by atoms with Gasteiger partial charge in [-0.25, -0.2) is 0 Å². The zero-order valence-electron chi connectivity index (χ0n) is 11.5. The highest BCUT2D eigenvalue weighted by Crippen LogP contribution is 2.35. The summed E-state index contributed by atoms with van der Waals surface area (Å²) >= 11 is 12.6. The molecule has 0 fully saturated rings. The van der Waals surface area contributed by atoms with Gasteiger partial charge in [0.15, 0.2) is 0 Å². The van der Waals surface area contributed by atoms with E-state index in [1.165, 1.54) is 0 Å². The Hall–Kier alpha value is -1.54. The summed E-state index contributed by atoms with van der Waals surface area (Å²) in [4.78, 5) is 0. The van der Waals surface area contributed by atoms with E-state index in [4.69, 9.17) is 23.2 Å². The maximum atomic E-state index is 10.8. The largest absolute Gasteiger partial charge is 0.384 e. The molecule has 0 heterocycles. The molecule has 3 aromatic carbocycles. The lowest BCUT2D eigenvalue weighted by molar-refractivity contribution is 0.222. The van der Waals surface area contributed by atoms with Crippen molar-refractivity contribution in [1.82, 2.24) is 0 Å². The van der Waals surface area contributed by atoms with Crippen molar-refractivity contribution in [1.29, 1.82) is 0 Å². The Morgan fingerprint density at radius 2 is 1.52 bits per heavy atom. The molecule has 0 bridgehead atoms. The smallest absolute Gasteiger partial charge is 0.106 e. The molecule has 106 valence electrons. The van der Waals surface area contributed by atoms with Crippen LogP contribution in [0.3, 0.4) is 0 Å². The van der Waals surface area contributed by atoms with E-state index in [0.717, 1.165) is 21.9 Å². The highest BCUT2D eigenvalue weighted by atomic mass is 35.5. The van der Waals surface area contributed by atoms with E-state index in [1.807, 2.05) is 61.5 Å². The average molecular weight is 317 g/mol. The van der Waals surface area contributed by atoms with Crippen LogP contribution >= 0.6 is 23.2 Å². The van der Waals surface area contributed by atoms with Crippen molar-refractivity contribution in [2.75, 3.05) is 0 Å². The molecule has 3 aromatic rings. The van der Waals surface area contributed by atoms with E-state index in [2.05, 4.69) is 0 Å². The number of rotatable bonds is 2. The van der Waals surface area contributed by atoms with Crippen molar-refractivity contribution in [3.63, 3.8) is 0 Å². The second-order valence-corrected chi connectivity index (χ2v) is 5.85. The van der Waals surface area contributed by atoms with Crippen LogP contribution in [0.1, 0.15) is 22.8 Å².